The first-order chi connectivity index (χ1) is 19.8. The van der Waals surface area contributed by atoms with Crippen molar-refractivity contribution in [1.82, 2.24) is 34.9 Å². The molecule has 0 aliphatic carbocycles. The lowest BCUT2D eigenvalue weighted by molar-refractivity contribution is -0.134. The summed E-state index contributed by atoms with van der Waals surface area (Å²) in [7, 11) is 1.56. The molecule has 0 unspecified atom stereocenters. The molecule has 15 nitrogen and oxygen atoms in total. The molecule has 0 radical (unpaired) electrons. The van der Waals surface area contributed by atoms with Gasteiger partial charge in [0.15, 0.2) is 11.4 Å². The number of fused-ring (bicyclic) bond motifs is 2. The van der Waals surface area contributed by atoms with Crippen LogP contribution in [-0.2, 0) is 22.7 Å². The van der Waals surface area contributed by atoms with E-state index in [4.69, 9.17) is 24.4 Å². The second kappa shape index (κ2) is 14.1. The van der Waals surface area contributed by atoms with Gasteiger partial charge in [-0.3, -0.25) is 9.36 Å². The molecule has 3 N–H and O–H groups in total. The molecule has 0 bridgehead atoms. The number of piperidine rings is 1. The van der Waals surface area contributed by atoms with Crippen LogP contribution < -0.4 is 25.1 Å². The maximum atomic E-state index is 12.4. The topological polar surface area (TPSA) is 191 Å². The summed E-state index contributed by atoms with van der Waals surface area (Å²) in [6, 6.07) is 5.87. The Kier molecular flexibility index (Phi) is 10.1. The minimum Gasteiger partial charge on any atom is -0.484 e. The largest absolute Gasteiger partial charge is 0.484 e. The maximum Gasteiger partial charge on any atom is 0.328 e. The Hall–Kier alpha value is -4.63. The Morgan fingerprint density at radius 2 is 1.83 bits per heavy atom. The van der Waals surface area contributed by atoms with E-state index >= 15 is 0 Å². The van der Waals surface area contributed by atoms with E-state index in [0.29, 0.717) is 73.2 Å². The van der Waals surface area contributed by atoms with Gasteiger partial charge in [0.2, 0.25) is 5.88 Å². The average molecular weight is 570 g/mol. The van der Waals surface area contributed by atoms with Crippen LogP contribution in [0.2, 0.25) is 0 Å². The van der Waals surface area contributed by atoms with Gasteiger partial charge in [-0.2, -0.15) is 10.1 Å². The van der Waals surface area contributed by atoms with Crippen LogP contribution in [0.25, 0.3) is 11.2 Å². The third kappa shape index (κ3) is 8.43. The van der Waals surface area contributed by atoms with Gasteiger partial charge in [0, 0.05) is 50.0 Å². The summed E-state index contributed by atoms with van der Waals surface area (Å²) in [5.41, 5.74) is 1.92. The van der Waals surface area contributed by atoms with E-state index in [1.807, 2.05) is 12.1 Å². The SMILES string of the molecule is COc1ccc2ncc(=O)n(CCN3CCC(NCc4cc5c(nn4)OCCO5)CC3)c2n1.O=C(O)C=CC(=O)O. The van der Waals surface area contributed by atoms with Crippen LogP contribution in [0.3, 0.4) is 0 Å². The molecule has 15 heteroatoms. The molecule has 0 saturated carbocycles. The Labute approximate surface area is 234 Å². The third-order valence-corrected chi connectivity index (χ3v) is 6.40. The predicted molar refractivity (Wildman–Crippen MR) is 144 cm³/mol. The number of aliphatic carboxylic acids is 2. The average Bonchev–Trinajstić information content (AvgIpc) is 2.99. The van der Waals surface area contributed by atoms with Gasteiger partial charge in [-0.05, 0) is 32.0 Å². The van der Waals surface area contributed by atoms with Gasteiger partial charge in [0.05, 0.1) is 19.0 Å². The highest BCUT2D eigenvalue weighted by molar-refractivity contribution is 5.89. The first kappa shape index (κ1) is 29.4. The number of carbonyl (C=O) groups is 2. The van der Waals surface area contributed by atoms with Gasteiger partial charge in [-0.15, -0.1) is 5.10 Å². The monoisotopic (exact) mass is 569 g/mol. The highest BCUT2D eigenvalue weighted by atomic mass is 16.6. The summed E-state index contributed by atoms with van der Waals surface area (Å²) in [6.07, 6.45) is 4.52. The van der Waals surface area contributed by atoms with E-state index in [0.717, 1.165) is 38.2 Å². The van der Waals surface area contributed by atoms with Gasteiger partial charge in [0.1, 0.15) is 18.7 Å². The lowest BCUT2D eigenvalue weighted by Crippen LogP contribution is -2.43. The zero-order chi connectivity index (χ0) is 29.2. The Balaban J connectivity index is 0.000000426. The fourth-order valence-corrected chi connectivity index (χ4v) is 4.33. The molecule has 3 aromatic rings. The summed E-state index contributed by atoms with van der Waals surface area (Å²) in [5.74, 6) is -0.917. The number of hydrogen-bond donors (Lipinski definition) is 3. The van der Waals surface area contributed by atoms with Crippen LogP contribution in [0.5, 0.6) is 17.5 Å². The summed E-state index contributed by atoms with van der Waals surface area (Å²) in [6.45, 7) is 4.93. The van der Waals surface area contributed by atoms with Crippen molar-refractivity contribution in [3.8, 4) is 17.5 Å². The molecule has 5 rings (SSSR count). The van der Waals surface area contributed by atoms with Crippen LogP contribution in [0.15, 0.2) is 41.3 Å². The zero-order valence-corrected chi connectivity index (χ0v) is 22.4. The number of hydrogen-bond acceptors (Lipinski definition) is 12. The van der Waals surface area contributed by atoms with Crippen LogP contribution in [0.1, 0.15) is 18.5 Å². The molecule has 3 aromatic heterocycles. The van der Waals surface area contributed by atoms with Gasteiger partial charge in [0.25, 0.3) is 11.4 Å². The number of nitrogens with zero attached hydrogens (tertiary/aromatic N) is 6. The molecule has 2 aliphatic rings. The van der Waals surface area contributed by atoms with E-state index in [9.17, 15) is 14.4 Å². The Bertz CT molecular complexity index is 1440. The van der Waals surface area contributed by atoms with Crippen LogP contribution in [-0.4, -0.2) is 97.8 Å². The van der Waals surface area contributed by atoms with E-state index in [1.54, 1.807) is 17.7 Å². The quantitative estimate of drug-likeness (QED) is 0.299. The highest BCUT2D eigenvalue weighted by Gasteiger charge is 2.20. The van der Waals surface area contributed by atoms with E-state index < -0.39 is 11.9 Å². The van der Waals surface area contributed by atoms with Crippen molar-refractivity contribution >= 4 is 23.1 Å². The Morgan fingerprint density at radius 3 is 2.54 bits per heavy atom. The number of ether oxygens (including phenoxy) is 3. The summed E-state index contributed by atoms with van der Waals surface area (Å²) in [5, 5.41) is 27.5. The highest BCUT2D eigenvalue weighted by Crippen LogP contribution is 2.26. The van der Waals surface area contributed by atoms with E-state index in [2.05, 4.69) is 30.4 Å². The maximum absolute atomic E-state index is 12.4. The third-order valence-electron chi connectivity index (χ3n) is 6.40. The molecular formula is C26H31N7O8. The predicted octanol–water partition coefficient (Wildman–Crippen LogP) is 0.327. The number of carboxylic acid groups (broad SMARTS) is 2. The lowest BCUT2D eigenvalue weighted by Gasteiger charge is -2.32. The molecule has 41 heavy (non-hydrogen) atoms. The summed E-state index contributed by atoms with van der Waals surface area (Å²) < 4.78 is 17.9. The minimum atomic E-state index is -1.26. The van der Waals surface area contributed by atoms with Gasteiger partial charge < -0.3 is 34.6 Å². The van der Waals surface area contributed by atoms with Crippen molar-refractivity contribution in [1.29, 1.82) is 0 Å². The van der Waals surface area contributed by atoms with Crippen molar-refractivity contribution in [2.45, 2.75) is 32.0 Å². The molecule has 0 spiro atoms. The van der Waals surface area contributed by atoms with Crippen molar-refractivity contribution in [2.75, 3.05) is 40.0 Å². The summed E-state index contributed by atoms with van der Waals surface area (Å²) in [4.78, 5) is 42.5. The molecule has 218 valence electrons. The van der Waals surface area contributed by atoms with Gasteiger partial charge >= 0.3 is 11.9 Å². The lowest BCUT2D eigenvalue weighted by atomic mass is 10.0. The van der Waals surface area contributed by atoms with Gasteiger partial charge in [-0.25, -0.2) is 14.6 Å². The molecule has 0 aromatic carbocycles. The Morgan fingerprint density at radius 1 is 1.10 bits per heavy atom. The number of rotatable bonds is 9. The molecule has 5 heterocycles. The number of aromatic nitrogens is 5. The van der Waals surface area contributed by atoms with Crippen LogP contribution >= 0.6 is 0 Å². The summed E-state index contributed by atoms with van der Waals surface area (Å²) >= 11 is 0. The number of methoxy groups -OCH3 is 1. The van der Waals surface area contributed by atoms with Crippen molar-refractivity contribution in [2.24, 2.45) is 0 Å². The fourth-order valence-electron chi connectivity index (χ4n) is 4.33. The molecule has 0 amide bonds. The first-order valence-electron chi connectivity index (χ1n) is 12.9. The normalized spacial score (nSPS) is 15.3. The minimum absolute atomic E-state index is 0.152. The fraction of sp³-hybridized carbons (Fsp3) is 0.423. The van der Waals surface area contributed by atoms with Crippen LogP contribution in [0.4, 0.5) is 0 Å². The van der Waals surface area contributed by atoms with Crippen molar-refractivity contribution in [3.05, 3.63) is 52.6 Å². The molecule has 1 saturated heterocycles. The molecule has 0 atom stereocenters. The van der Waals surface area contributed by atoms with Crippen molar-refractivity contribution < 1.29 is 34.0 Å². The molecular weight excluding hydrogens is 538 g/mol. The number of nitrogens with one attached hydrogen (secondary N) is 1. The van der Waals surface area contributed by atoms with Crippen molar-refractivity contribution in [3.63, 3.8) is 0 Å². The van der Waals surface area contributed by atoms with E-state index in [1.165, 1.54) is 6.20 Å². The number of carboxylic acids is 2. The standard InChI is InChI=1S/C22H27N7O4.C4H4O4/c1-31-19-3-2-17-21(25-19)29(20(30)14-24-17)9-8-28-6-4-15(5-7-28)23-13-16-12-18-22(27-26-16)33-11-10-32-18;5-3(6)1-2-4(7)8/h2-3,12,14-15,23H,4-11,13H2,1H3;1-2H,(H,5,6)(H,7,8). The first-order valence-corrected chi connectivity index (χ1v) is 12.9. The molecule has 2 aliphatic heterocycles. The molecule has 1 fully saturated rings. The van der Waals surface area contributed by atoms with Crippen LogP contribution in [0, 0.1) is 0 Å². The zero-order valence-electron chi connectivity index (χ0n) is 22.4. The number of likely N-dealkylation sites (tertiary alicyclic amines) is 1. The smallest absolute Gasteiger partial charge is 0.328 e. The second-order valence-corrected chi connectivity index (χ2v) is 9.15. The second-order valence-electron chi connectivity index (χ2n) is 9.15. The van der Waals surface area contributed by atoms with Gasteiger partial charge in [-0.1, -0.05) is 0 Å². The number of pyridine rings is 1. The van der Waals surface area contributed by atoms with E-state index in [-0.39, 0.29) is 5.56 Å².